The summed E-state index contributed by atoms with van der Waals surface area (Å²) in [6.45, 7) is 3.76. The van der Waals surface area contributed by atoms with Gasteiger partial charge in [-0.2, -0.15) is 5.10 Å². The highest BCUT2D eigenvalue weighted by atomic mass is 35.5. The van der Waals surface area contributed by atoms with Gasteiger partial charge >= 0.3 is 0 Å². The van der Waals surface area contributed by atoms with Crippen molar-refractivity contribution in [2.45, 2.75) is 13.5 Å². The molecule has 0 saturated carbocycles. The van der Waals surface area contributed by atoms with Gasteiger partial charge in [0.05, 0.1) is 23.1 Å². The Morgan fingerprint density at radius 2 is 2.31 bits per heavy atom. The van der Waals surface area contributed by atoms with E-state index in [1.165, 1.54) is 0 Å². The number of pyridine rings is 1. The summed E-state index contributed by atoms with van der Waals surface area (Å²) >= 11 is 5.81. The molecule has 16 heavy (non-hydrogen) atoms. The van der Waals surface area contributed by atoms with Gasteiger partial charge < -0.3 is 5.32 Å². The van der Waals surface area contributed by atoms with Crippen LogP contribution in [0, 0.1) is 0 Å². The van der Waals surface area contributed by atoms with E-state index in [2.05, 4.69) is 22.3 Å². The SMILES string of the molecule is CCNCc1cccc(-n2cc(Cl)cn2)n1. The van der Waals surface area contributed by atoms with Crippen molar-refractivity contribution in [2.24, 2.45) is 0 Å². The molecular formula is C11H13ClN4. The molecule has 0 aromatic carbocycles. The van der Waals surface area contributed by atoms with Crippen LogP contribution in [0.25, 0.3) is 5.82 Å². The lowest BCUT2D eigenvalue weighted by Crippen LogP contribution is -2.13. The Kier molecular flexibility index (Phi) is 3.54. The van der Waals surface area contributed by atoms with Gasteiger partial charge in [0.2, 0.25) is 0 Å². The molecule has 4 nitrogen and oxygen atoms in total. The van der Waals surface area contributed by atoms with Gasteiger partial charge in [-0.05, 0) is 18.7 Å². The van der Waals surface area contributed by atoms with Crippen LogP contribution in [-0.4, -0.2) is 21.3 Å². The van der Waals surface area contributed by atoms with E-state index >= 15 is 0 Å². The third-order valence-electron chi connectivity index (χ3n) is 2.13. The molecule has 0 amide bonds. The minimum absolute atomic E-state index is 0.610. The Morgan fingerprint density at radius 1 is 1.44 bits per heavy atom. The number of nitrogens with one attached hydrogen (secondary N) is 1. The second-order valence-corrected chi connectivity index (χ2v) is 3.81. The average Bonchev–Trinajstić information content (AvgIpc) is 2.74. The van der Waals surface area contributed by atoms with Gasteiger partial charge in [0.25, 0.3) is 0 Å². The highest BCUT2D eigenvalue weighted by Crippen LogP contribution is 2.10. The van der Waals surface area contributed by atoms with Crippen LogP contribution in [0.15, 0.2) is 30.6 Å². The maximum Gasteiger partial charge on any atom is 0.153 e. The quantitative estimate of drug-likeness (QED) is 0.884. The first-order valence-electron chi connectivity index (χ1n) is 5.17. The van der Waals surface area contributed by atoms with Gasteiger partial charge in [0.1, 0.15) is 0 Å². The second kappa shape index (κ2) is 5.09. The molecule has 2 aromatic heterocycles. The molecule has 1 N–H and O–H groups in total. The fourth-order valence-corrected chi connectivity index (χ4v) is 1.51. The number of hydrogen-bond donors (Lipinski definition) is 1. The number of hydrogen-bond acceptors (Lipinski definition) is 3. The van der Waals surface area contributed by atoms with Crippen molar-refractivity contribution in [2.75, 3.05) is 6.54 Å². The average molecular weight is 237 g/mol. The van der Waals surface area contributed by atoms with Gasteiger partial charge in [-0.1, -0.05) is 24.6 Å². The van der Waals surface area contributed by atoms with Gasteiger partial charge in [-0.25, -0.2) is 9.67 Å². The monoisotopic (exact) mass is 236 g/mol. The summed E-state index contributed by atoms with van der Waals surface area (Å²) in [4.78, 5) is 4.47. The molecule has 0 aliphatic rings. The molecule has 0 bridgehead atoms. The lowest BCUT2D eigenvalue weighted by Gasteiger charge is -2.04. The molecule has 0 fully saturated rings. The summed E-state index contributed by atoms with van der Waals surface area (Å²) < 4.78 is 1.66. The number of aromatic nitrogens is 3. The number of rotatable bonds is 4. The highest BCUT2D eigenvalue weighted by Gasteiger charge is 2.01. The maximum atomic E-state index is 5.81. The van der Waals surface area contributed by atoms with E-state index in [1.807, 2.05) is 18.2 Å². The molecule has 2 aromatic rings. The molecule has 84 valence electrons. The van der Waals surface area contributed by atoms with E-state index in [9.17, 15) is 0 Å². The first-order valence-corrected chi connectivity index (χ1v) is 5.54. The summed E-state index contributed by atoms with van der Waals surface area (Å²) in [5.41, 5.74) is 0.992. The molecule has 0 saturated heterocycles. The van der Waals surface area contributed by atoms with Gasteiger partial charge in [0.15, 0.2) is 5.82 Å². The Morgan fingerprint density at radius 3 is 3.00 bits per heavy atom. The molecule has 0 radical (unpaired) electrons. The van der Waals surface area contributed by atoms with E-state index < -0.39 is 0 Å². The van der Waals surface area contributed by atoms with Crippen LogP contribution in [0.5, 0.6) is 0 Å². The molecule has 0 unspecified atom stereocenters. The van der Waals surface area contributed by atoms with Gasteiger partial charge in [-0.15, -0.1) is 0 Å². The van der Waals surface area contributed by atoms with Crippen LogP contribution < -0.4 is 5.32 Å². The van der Waals surface area contributed by atoms with Crippen molar-refractivity contribution in [3.05, 3.63) is 41.3 Å². The van der Waals surface area contributed by atoms with E-state index in [1.54, 1.807) is 17.1 Å². The smallest absolute Gasteiger partial charge is 0.153 e. The summed E-state index contributed by atoms with van der Waals surface area (Å²) in [6.07, 6.45) is 3.33. The predicted molar refractivity (Wildman–Crippen MR) is 63.7 cm³/mol. The third-order valence-corrected chi connectivity index (χ3v) is 2.33. The molecule has 0 atom stereocenters. The fourth-order valence-electron chi connectivity index (χ4n) is 1.37. The van der Waals surface area contributed by atoms with Crippen LogP contribution in [0.1, 0.15) is 12.6 Å². The fraction of sp³-hybridized carbons (Fsp3) is 0.273. The first-order chi connectivity index (χ1) is 7.79. The Hall–Kier alpha value is -1.39. The van der Waals surface area contributed by atoms with Crippen LogP contribution in [-0.2, 0) is 6.54 Å². The lowest BCUT2D eigenvalue weighted by atomic mass is 10.3. The van der Waals surface area contributed by atoms with Crippen LogP contribution in [0.2, 0.25) is 5.02 Å². The zero-order valence-electron chi connectivity index (χ0n) is 9.02. The molecule has 0 aliphatic carbocycles. The summed E-state index contributed by atoms with van der Waals surface area (Å²) in [6, 6.07) is 5.85. The summed E-state index contributed by atoms with van der Waals surface area (Å²) in [5, 5.41) is 7.95. The van der Waals surface area contributed by atoms with Gasteiger partial charge in [0, 0.05) is 6.54 Å². The Bertz CT molecular complexity index is 467. The Labute approximate surface area is 99.3 Å². The van der Waals surface area contributed by atoms with Crippen molar-refractivity contribution in [1.82, 2.24) is 20.1 Å². The minimum Gasteiger partial charge on any atom is -0.311 e. The molecule has 2 rings (SSSR count). The predicted octanol–water partition coefficient (Wildman–Crippen LogP) is 2.03. The zero-order valence-corrected chi connectivity index (χ0v) is 9.78. The summed E-state index contributed by atoms with van der Waals surface area (Å²) in [7, 11) is 0. The van der Waals surface area contributed by atoms with E-state index in [0.29, 0.717) is 5.02 Å². The third kappa shape index (κ3) is 2.59. The van der Waals surface area contributed by atoms with Crippen molar-refractivity contribution in [3.63, 3.8) is 0 Å². The van der Waals surface area contributed by atoms with Crippen molar-refractivity contribution in [1.29, 1.82) is 0 Å². The lowest BCUT2D eigenvalue weighted by molar-refractivity contribution is 0.704. The van der Waals surface area contributed by atoms with Crippen LogP contribution in [0.3, 0.4) is 0 Å². The molecule has 0 spiro atoms. The van der Waals surface area contributed by atoms with Crippen LogP contribution in [0.4, 0.5) is 0 Å². The number of halogens is 1. The molecular weight excluding hydrogens is 224 g/mol. The standard InChI is InChI=1S/C11H13ClN4/c1-2-13-7-10-4-3-5-11(15-10)16-8-9(12)6-14-16/h3-6,8,13H,2,7H2,1H3. The Balaban J connectivity index is 2.22. The topological polar surface area (TPSA) is 42.7 Å². The maximum absolute atomic E-state index is 5.81. The molecule has 5 heteroatoms. The highest BCUT2D eigenvalue weighted by molar-refractivity contribution is 6.30. The largest absolute Gasteiger partial charge is 0.311 e. The van der Waals surface area contributed by atoms with Gasteiger partial charge in [-0.3, -0.25) is 0 Å². The normalized spacial score (nSPS) is 10.6. The van der Waals surface area contributed by atoms with Crippen molar-refractivity contribution in [3.8, 4) is 5.82 Å². The van der Waals surface area contributed by atoms with E-state index in [-0.39, 0.29) is 0 Å². The molecule has 2 heterocycles. The van der Waals surface area contributed by atoms with Crippen molar-refractivity contribution < 1.29 is 0 Å². The van der Waals surface area contributed by atoms with E-state index in [4.69, 9.17) is 11.6 Å². The van der Waals surface area contributed by atoms with E-state index in [0.717, 1.165) is 24.6 Å². The zero-order chi connectivity index (χ0) is 11.4. The number of nitrogens with zero attached hydrogens (tertiary/aromatic N) is 3. The van der Waals surface area contributed by atoms with Crippen molar-refractivity contribution >= 4 is 11.6 Å². The van der Waals surface area contributed by atoms with Crippen LogP contribution >= 0.6 is 11.6 Å². The minimum atomic E-state index is 0.610. The second-order valence-electron chi connectivity index (χ2n) is 3.37. The first kappa shape index (κ1) is 11.1. The summed E-state index contributed by atoms with van der Waals surface area (Å²) in [5.74, 6) is 0.780. The molecule has 0 aliphatic heterocycles.